The van der Waals surface area contributed by atoms with Gasteiger partial charge in [-0.25, -0.2) is 13.4 Å². The lowest BCUT2D eigenvalue weighted by Crippen LogP contribution is -2.43. The molecule has 1 aromatic heterocycles. The Kier molecular flexibility index (Phi) is 4.96. The van der Waals surface area contributed by atoms with Gasteiger partial charge in [-0.3, -0.25) is 4.79 Å². The molecule has 6 nitrogen and oxygen atoms in total. The van der Waals surface area contributed by atoms with Crippen molar-refractivity contribution in [2.75, 3.05) is 24.6 Å². The van der Waals surface area contributed by atoms with Gasteiger partial charge in [-0.1, -0.05) is 12.1 Å². The van der Waals surface area contributed by atoms with Gasteiger partial charge in [0.15, 0.2) is 9.84 Å². The first-order valence-corrected chi connectivity index (χ1v) is 10.0. The molecule has 142 valence electrons. The number of para-hydroxylation sites is 2. The number of carbonyl (C=O) groups excluding carboxylic acids is 1. The summed E-state index contributed by atoms with van der Waals surface area (Å²) in [5.74, 6) is -1.35. The second kappa shape index (κ2) is 6.90. The Bertz CT molecular complexity index is 908. The molecule has 0 bridgehead atoms. The van der Waals surface area contributed by atoms with Gasteiger partial charge < -0.3 is 9.47 Å². The van der Waals surface area contributed by atoms with Crippen LogP contribution in [-0.4, -0.2) is 53.4 Å². The summed E-state index contributed by atoms with van der Waals surface area (Å²) in [4.78, 5) is 17.3. The van der Waals surface area contributed by atoms with Crippen molar-refractivity contribution in [3.8, 4) is 0 Å². The summed E-state index contributed by atoms with van der Waals surface area (Å²) in [6.07, 6.45) is -4.31. The number of nitrogens with zero attached hydrogens (tertiary/aromatic N) is 3. The number of alkyl halides is 3. The molecule has 2 aromatic rings. The first kappa shape index (κ1) is 18.7. The monoisotopic (exact) mass is 389 g/mol. The van der Waals surface area contributed by atoms with Crippen LogP contribution in [0.1, 0.15) is 18.7 Å². The number of fused-ring (bicyclic) bond motifs is 1. The SMILES string of the molecule is O=C(CCCn1c(C(F)(F)F)nc2ccccc21)N1CCS(=O)(=O)CC1. The molecule has 1 aliphatic rings. The maximum atomic E-state index is 13.2. The molecule has 0 spiro atoms. The number of benzene rings is 1. The molecule has 1 fully saturated rings. The van der Waals surface area contributed by atoms with Crippen LogP contribution in [0, 0.1) is 0 Å². The second-order valence-electron chi connectivity index (χ2n) is 6.21. The molecule has 0 N–H and O–H groups in total. The van der Waals surface area contributed by atoms with Gasteiger partial charge in [0.1, 0.15) is 0 Å². The number of imidazole rings is 1. The van der Waals surface area contributed by atoms with Crippen molar-refractivity contribution >= 4 is 26.8 Å². The van der Waals surface area contributed by atoms with Crippen LogP contribution in [0.4, 0.5) is 13.2 Å². The molecule has 0 atom stereocenters. The van der Waals surface area contributed by atoms with Crippen LogP contribution in [0.25, 0.3) is 11.0 Å². The molecule has 0 aliphatic carbocycles. The first-order valence-electron chi connectivity index (χ1n) is 8.18. The van der Waals surface area contributed by atoms with E-state index in [-0.39, 0.29) is 55.4 Å². The lowest BCUT2D eigenvalue weighted by molar-refractivity contribution is -0.146. The van der Waals surface area contributed by atoms with Gasteiger partial charge in [0.05, 0.1) is 22.5 Å². The van der Waals surface area contributed by atoms with Crippen LogP contribution in [0.5, 0.6) is 0 Å². The van der Waals surface area contributed by atoms with E-state index in [1.807, 2.05) is 0 Å². The zero-order valence-corrected chi connectivity index (χ0v) is 14.7. The van der Waals surface area contributed by atoms with Gasteiger partial charge >= 0.3 is 6.18 Å². The van der Waals surface area contributed by atoms with E-state index >= 15 is 0 Å². The molecule has 1 aromatic carbocycles. The van der Waals surface area contributed by atoms with E-state index in [4.69, 9.17) is 0 Å². The molecule has 1 saturated heterocycles. The van der Waals surface area contributed by atoms with Crippen LogP contribution < -0.4 is 0 Å². The normalized spacial score (nSPS) is 17.6. The van der Waals surface area contributed by atoms with Crippen molar-refractivity contribution in [1.29, 1.82) is 0 Å². The van der Waals surface area contributed by atoms with E-state index < -0.39 is 21.8 Å². The van der Waals surface area contributed by atoms with Crippen molar-refractivity contribution in [2.45, 2.75) is 25.6 Å². The highest BCUT2D eigenvalue weighted by molar-refractivity contribution is 7.91. The van der Waals surface area contributed by atoms with Crippen molar-refractivity contribution in [3.63, 3.8) is 0 Å². The Morgan fingerprint density at radius 2 is 1.81 bits per heavy atom. The summed E-state index contributed by atoms with van der Waals surface area (Å²) in [6.45, 7) is 0.291. The molecule has 0 saturated carbocycles. The summed E-state index contributed by atoms with van der Waals surface area (Å²) in [5, 5.41) is 0. The fourth-order valence-electron chi connectivity index (χ4n) is 3.03. The molecule has 1 aliphatic heterocycles. The average molecular weight is 389 g/mol. The zero-order valence-electron chi connectivity index (χ0n) is 13.9. The number of hydrogen-bond donors (Lipinski definition) is 0. The predicted octanol–water partition coefficient (Wildman–Crippen LogP) is 2.09. The van der Waals surface area contributed by atoms with Crippen molar-refractivity contribution in [1.82, 2.24) is 14.5 Å². The Morgan fingerprint density at radius 3 is 2.46 bits per heavy atom. The number of hydrogen-bond acceptors (Lipinski definition) is 4. The Morgan fingerprint density at radius 1 is 1.15 bits per heavy atom. The van der Waals surface area contributed by atoms with E-state index in [1.165, 1.54) is 11.0 Å². The number of carbonyl (C=O) groups is 1. The smallest absolute Gasteiger partial charge is 0.341 e. The highest BCUT2D eigenvalue weighted by Crippen LogP contribution is 2.31. The number of sulfone groups is 1. The number of amides is 1. The van der Waals surface area contributed by atoms with E-state index in [0.717, 1.165) is 4.57 Å². The maximum Gasteiger partial charge on any atom is 0.449 e. The summed E-state index contributed by atoms with van der Waals surface area (Å²) in [7, 11) is -3.08. The molecular formula is C16H18F3N3O3S. The zero-order chi connectivity index (χ0) is 18.9. The minimum Gasteiger partial charge on any atom is -0.341 e. The third-order valence-electron chi connectivity index (χ3n) is 4.38. The fraction of sp³-hybridized carbons (Fsp3) is 0.500. The molecule has 0 unspecified atom stereocenters. The maximum absolute atomic E-state index is 13.2. The van der Waals surface area contributed by atoms with E-state index in [9.17, 15) is 26.4 Å². The predicted molar refractivity (Wildman–Crippen MR) is 89.2 cm³/mol. The van der Waals surface area contributed by atoms with Crippen molar-refractivity contribution in [2.24, 2.45) is 0 Å². The summed E-state index contributed by atoms with van der Waals surface area (Å²) < 4.78 is 63.5. The number of halogens is 3. The molecule has 10 heteroatoms. The average Bonchev–Trinajstić information content (AvgIpc) is 2.94. The Balaban J connectivity index is 1.67. The fourth-order valence-corrected chi connectivity index (χ4v) is 4.23. The number of rotatable bonds is 4. The van der Waals surface area contributed by atoms with Gasteiger partial charge in [0, 0.05) is 26.1 Å². The third-order valence-corrected chi connectivity index (χ3v) is 5.99. The summed E-state index contributed by atoms with van der Waals surface area (Å²) in [6, 6.07) is 6.34. The van der Waals surface area contributed by atoms with Crippen LogP contribution >= 0.6 is 0 Å². The summed E-state index contributed by atoms with van der Waals surface area (Å²) in [5.41, 5.74) is 0.628. The molecule has 26 heavy (non-hydrogen) atoms. The van der Waals surface area contributed by atoms with Gasteiger partial charge in [-0.05, 0) is 18.6 Å². The van der Waals surface area contributed by atoms with Crippen LogP contribution in [0.2, 0.25) is 0 Å². The Labute approximate surface area is 148 Å². The van der Waals surface area contributed by atoms with Crippen LogP contribution in [0.3, 0.4) is 0 Å². The van der Waals surface area contributed by atoms with Crippen molar-refractivity contribution in [3.05, 3.63) is 30.1 Å². The van der Waals surface area contributed by atoms with Crippen LogP contribution in [-0.2, 0) is 27.4 Å². The molecule has 1 amide bonds. The van der Waals surface area contributed by atoms with Gasteiger partial charge in [0.2, 0.25) is 11.7 Å². The van der Waals surface area contributed by atoms with Crippen LogP contribution in [0.15, 0.2) is 24.3 Å². The minimum absolute atomic E-state index is 0.00718. The minimum atomic E-state index is -4.58. The largest absolute Gasteiger partial charge is 0.449 e. The molecule has 3 rings (SSSR count). The number of aryl methyl sites for hydroxylation is 1. The third kappa shape index (κ3) is 4.00. The standard InChI is InChI=1S/C16H18F3N3O3S/c17-16(18,19)15-20-12-4-1-2-5-13(12)22(15)7-3-6-14(23)21-8-10-26(24,25)11-9-21/h1-2,4-5H,3,6-11H2. The lowest BCUT2D eigenvalue weighted by atomic mass is 10.2. The van der Waals surface area contributed by atoms with E-state index in [1.54, 1.807) is 18.2 Å². The molecular weight excluding hydrogens is 371 g/mol. The number of aromatic nitrogens is 2. The summed E-state index contributed by atoms with van der Waals surface area (Å²) >= 11 is 0. The second-order valence-corrected chi connectivity index (χ2v) is 8.51. The highest BCUT2D eigenvalue weighted by atomic mass is 32.2. The van der Waals surface area contributed by atoms with Gasteiger partial charge in [-0.2, -0.15) is 13.2 Å². The Hall–Kier alpha value is -2.10. The van der Waals surface area contributed by atoms with Gasteiger partial charge in [-0.15, -0.1) is 0 Å². The lowest BCUT2D eigenvalue weighted by Gasteiger charge is -2.26. The highest BCUT2D eigenvalue weighted by Gasteiger charge is 2.37. The van der Waals surface area contributed by atoms with E-state index in [2.05, 4.69) is 4.98 Å². The molecule has 0 radical (unpaired) electrons. The van der Waals surface area contributed by atoms with E-state index in [0.29, 0.717) is 5.52 Å². The topological polar surface area (TPSA) is 72.3 Å². The van der Waals surface area contributed by atoms with Crippen molar-refractivity contribution < 1.29 is 26.4 Å². The van der Waals surface area contributed by atoms with Gasteiger partial charge in [0.25, 0.3) is 0 Å². The first-order chi connectivity index (χ1) is 12.2. The quantitative estimate of drug-likeness (QED) is 0.803. The molecule has 2 heterocycles.